The standard InChI is InChI=1S/C24H27FN4O3S/c1-17(2)19-4-10-22(11-5-19)33(31,32)28-14-12-27(13-15-28)24(30)23-16-26-29(18(23)3)21-8-6-20(25)7-9-21/h4-11,16-17H,12-15H2,1-3H3. The van der Waals surface area contributed by atoms with Crippen LogP contribution in [0.3, 0.4) is 0 Å². The zero-order chi connectivity index (χ0) is 23.8. The van der Waals surface area contributed by atoms with Crippen molar-refractivity contribution >= 4 is 15.9 Å². The molecule has 1 saturated heterocycles. The molecule has 174 valence electrons. The van der Waals surface area contributed by atoms with Crippen LogP contribution < -0.4 is 0 Å². The summed E-state index contributed by atoms with van der Waals surface area (Å²) in [4.78, 5) is 15.0. The minimum atomic E-state index is -3.61. The summed E-state index contributed by atoms with van der Waals surface area (Å²) in [5, 5.41) is 4.29. The molecule has 9 heteroatoms. The van der Waals surface area contributed by atoms with Crippen LogP contribution in [0, 0.1) is 12.7 Å². The van der Waals surface area contributed by atoms with Crippen LogP contribution in [0.15, 0.2) is 59.6 Å². The number of hydrogen-bond acceptors (Lipinski definition) is 4. The fourth-order valence-electron chi connectivity index (χ4n) is 3.94. The van der Waals surface area contributed by atoms with Crippen LogP contribution in [-0.4, -0.2) is 59.5 Å². The number of carbonyl (C=O) groups excluding carboxylic acids is 1. The Morgan fingerprint density at radius 1 is 0.970 bits per heavy atom. The molecule has 2 heterocycles. The third-order valence-corrected chi connectivity index (χ3v) is 7.93. The number of nitrogens with zero attached hydrogens (tertiary/aromatic N) is 4. The maximum atomic E-state index is 13.2. The molecule has 1 aromatic heterocycles. The Hall–Kier alpha value is -3.04. The normalized spacial score (nSPS) is 15.2. The van der Waals surface area contributed by atoms with Crippen molar-refractivity contribution in [3.8, 4) is 5.69 Å². The van der Waals surface area contributed by atoms with E-state index >= 15 is 0 Å². The Morgan fingerprint density at radius 2 is 1.58 bits per heavy atom. The lowest BCUT2D eigenvalue weighted by Crippen LogP contribution is -2.50. The van der Waals surface area contributed by atoms with Crippen molar-refractivity contribution in [1.29, 1.82) is 0 Å². The van der Waals surface area contributed by atoms with Gasteiger partial charge in [-0.2, -0.15) is 9.40 Å². The van der Waals surface area contributed by atoms with Gasteiger partial charge in [0.05, 0.1) is 28.0 Å². The molecule has 2 aromatic carbocycles. The number of halogens is 1. The van der Waals surface area contributed by atoms with Crippen LogP contribution in [0.1, 0.15) is 41.4 Å². The summed E-state index contributed by atoms with van der Waals surface area (Å²) in [6, 6.07) is 12.9. The largest absolute Gasteiger partial charge is 0.336 e. The summed E-state index contributed by atoms with van der Waals surface area (Å²) < 4.78 is 42.3. The Morgan fingerprint density at radius 3 is 2.15 bits per heavy atom. The van der Waals surface area contributed by atoms with Gasteiger partial charge in [0.2, 0.25) is 10.0 Å². The summed E-state index contributed by atoms with van der Waals surface area (Å²) >= 11 is 0. The van der Waals surface area contributed by atoms with E-state index in [9.17, 15) is 17.6 Å². The predicted molar refractivity (Wildman–Crippen MR) is 123 cm³/mol. The zero-order valence-electron chi connectivity index (χ0n) is 18.9. The molecule has 0 bridgehead atoms. The summed E-state index contributed by atoms with van der Waals surface area (Å²) in [5.41, 5.74) is 2.83. The van der Waals surface area contributed by atoms with Gasteiger partial charge in [0.1, 0.15) is 5.82 Å². The molecule has 0 unspecified atom stereocenters. The molecule has 0 spiro atoms. The van der Waals surface area contributed by atoms with Gasteiger partial charge in [0, 0.05) is 26.2 Å². The number of piperazine rings is 1. The van der Waals surface area contributed by atoms with E-state index in [1.165, 1.54) is 22.6 Å². The van der Waals surface area contributed by atoms with Crippen LogP contribution in [0.25, 0.3) is 5.69 Å². The van der Waals surface area contributed by atoms with Gasteiger partial charge < -0.3 is 4.90 Å². The predicted octanol–water partition coefficient (Wildman–Crippen LogP) is 3.59. The average molecular weight is 471 g/mol. The second-order valence-corrected chi connectivity index (χ2v) is 10.4. The summed E-state index contributed by atoms with van der Waals surface area (Å²) in [7, 11) is -3.61. The van der Waals surface area contributed by atoms with Gasteiger partial charge in [0.15, 0.2) is 0 Å². The van der Waals surface area contributed by atoms with Crippen LogP contribution in [0.5, 0.6) is 0 Å². The van der Waals surface area contributed by atoms with Crippen molar-refractivity contribution in [2.75, 3.05) is 26.2 Å². The van der Waals surface area contributed by atoms with Gasteiger partial charge in [-0.1, -0.05) is 26.0 Å². The Bertz CT molecular complexity index is 1240. The highest BCUT2D eigenvalue weighted by atomic mass is 32.2. The van der Waals surface area contributed by atoms with Crippen molar-refractivity contribution < 1.29 is 17.6 Å². The van der Waals surface area contributed by atoms with Crippen LogP contribution in [-0.2, 0) is 10.0 Å². The topological polar surface area (TPSA) is 75.5 Å². The van der Waals surface area contributed by atoms with E-state index < -0.39 is 10.0 Å². The highest BCUT2D eigenvalue weighted by molar-refractivity contribution is 7.89. The third-order valence-electron chi connectivity index (χ3n) is 6.02. The van der Waals surface area contributed by atoms with Crippen molar-refractivity contribution in [3.63, 3.8) is 0 Å². The summed E-state index contributed by atoms with van der Waals surface area (Å²) in [6.07, 6.45) is 1.50. The lowest BCUT2D eigenvalue weighted by atomic mass is 10.0. The highest BCUT2D eigenvalue weighted by Gasteiger charge is 2.31. The van der Waals surface area contributed by atoms with Crippen molar-refractivity contribution in [1.82, 2.24) is 19.0 Å². The zero-order valence-corrected chi connectivity index (χ0v) is 19.7. The molecule has 0 atom stereocenters. The number of benzene rings is 2. The van der Waals surface area contributed by atoms with Gasteiger partial charge in [-0.15, -0.1) is 0 Å². The van der Waals surface area contributed by atoms with E-state index in [0.29, 0.717) is 36.0 Å². The molecule has 1 aliphatic rings. The van der Waals surface area contributed by atoms with E-state index in [2.05, 4.69) is 18.9 Å². The lowest BCUT2D eigenvalue weighted by molar-refractivity contribution is 0.0697. The molecule has 1 aliphatic heterocycles. The first-order valence-corrected chi connectivity index (χ1v) is 12.3. The number of amides is 1. The first-order valence-electron chi connectivity index (χ1n) is 10.9. The molecule has 0 aliphatic carbocycles. The molecular weight excluding hydrogens is 443 g/mol. The maximum absolute atomic E-state index is 13.2. The number of hydrogen-bond donors (Lipinski definition) is 0. The third kappa shape index (κ3) is 4.56. The molecule has 0 N–H and O–H groups in total. The van der Waals surface area contributed by atoms with Gasteiger partial charge in [0.25, 0.3) is 5.91 Å². The first kappa shape index (κ1) is 23.1. The quantitative estimate of drug-likeness (QED) is 0.571. The van der Waals surface area contributed by atoms with E-state index in [1.807, 2.05) is 12.1 Å². The first-order chi connectivity index (χ1) is 15.7. The molecular formula is C24H27FN4O3S. The molecule has 33 heavy (non-hydrogen) atoms. The van der Waals surface area contributed by atoms with Gasteiger partial charge in [-0.3, -0.25) is 4.79 Å². The molecule has 1 fully saturated rings. The average Bonchev–Trinajstić information content (AvgIpc) is 3.20. The fraction of sp³-hybridized carbons (Fsp3) is 0.333. The molecule has 0 saturated carbocycles. The maximum Gasteiger partial charge on any atom is 0.257 e. The number of aromatic nitrogens is 2. The summed E-state index contributed by atoms with van der Waals surface area (Å²) in [6.45, 7) is 6.95. The van der Waals surface area contributed by atoms with E-state index in [0.717, 1.165) is 5.56 Å². The molecule has 0 radical (unpaired) electrons. The fourth-order valence-corrected chi connectivity index (χ4v) is 5.36. The van der Waals surface area contributed by atoms with E-state index in [-0.39, 0.29) is 29.7 Å². The van der Waals surface area contributed by atoms with Crippen LogP contribution >= 0.6 is 0 Å². The van der Waals surface area contributed by atoms with Crippen molar-refractivity contribution in [3.05, 3.63) is 77.4 Å². The molecule has 3 aromatic rings. The van der Waals surface area contributed by atoms with Gasteiger partial charge in [-0.05, 0) is 54.8 Å². The highest BCUT2D eigenvalue weighted by Crippen LogP contribution is 2.22. The second-order valence-electron chi connectivity index (χ2n) is 8.45. The van der Waals surface area contributed by atoms with Gasteiger partial charge >= 0.3 is 0 Å². The van der Waals surface area contributed by atoms with Crippen LogP contribution in [0.4, 0.5) is 4.39 Å². The van der Waals surface area contributed by atoms with Gasteiger partial charge in [-0.25, -0.2) is 17.5 Å². The van der Waals surface area contributed by atoms with Crippen LogP contribution in [0.2, 0.25) is 0 Å². The van der Waals surface area contributed by atoms with Crippen molar-refractivity contribution in [2.45, 2.75) is 31.6 Å². The van der Waals surface area contributed by atoms with E-state index in [4.69, 9.17) is 0 Å². The minimum Gasteiger partial charge on any atom is -0.336 e. The number of rotatable bonds is 5. The smallest absolute Gasteiger partial charge is 0.257 e. The minimum absolute atomic E-state index is 0.195. The SMILES string of the molecule is Cc1c(C(=O)N2CCN(S(=O)(=O)c3ccc(C(C)C)cc3)CC2)cnn1-c1ccc(F)cc1. The Balaban J connectivity index is 1.44. The lowest BCUT2D eigenvalue weighted by Gasteiger charge is -2.34. The van der Waals surface area contributed by atoms with E-state index in [1.54, 1.807) is 40.8 Å². The molecule has 4 rings (SSSR count). The summed E-state index contributed by atoms with van der Waals surface area (Å²) in [5.74, 6) is -0.213. The molecule has 1 amide bonds. The Kier molecular flexibility index (Phi) is 6.36. The number of sulfonamides is 1. The second kappa shape index (κ2) is 9.07. The van der Waals surface area contributed by atoms with Crippen molar-refractivity contribution in [2.24, 2.45) is 0 Å². The monoisotopic (exact) mass is 470 g/mol. The Labute approximate surface area is 193 Å². The molecule has 7 nitrogen and oxygen atoms in total. The number of carbonyl (C=O) groups is 1.